The van der Waals surface area contributed by atoms with E-state index in [2.05, 4.69) is 16.9 Å². The van der Waals surface area contributed by atoms with Crippen molar-refractivity contribution in [3.63, 3.8) is 0 Å². The molecule has 1 saturated carbocycles. The highest BCUT2D eigenvalue weighted by molar-refractivity contribution is 7.71. The third-order valence-electron chi connectivity index (χ3n) is 2.98. The topological polar surface area (TPSA) is 28.7 Å². The summed E-state index contributed by atoms with van der Waals surface area (Å²) in [5, 5.41) is 0. The number of rotatable bonds is 1. The van der Waals surface area contributed by atoms with E-state index < -0.39 is 0 Å². The Bertz CT molecular complexity index is 383. The molecule has 2 atom stereocenters. The van der Waals surface area contributed by atoms with Crippen molar-refractivity contribution in [2.24, 2.45) is 5.92 Å². The molecule has 76 valence electrons. The Labute approximate surface area is 89.8 Å². The van der Waals surface area contributed by atoms with Crippen molar-refractivity contribution in [1.82, 2.24) is 9.97 Å². The Morgan fingerprint density at radius 2 is 2.29 bits per heavy atom. The highest BCUT2D eigenvalue weighted by Crippen LogP contribution is 2.36. The van der Waals surface area contributed by atoms with Gasteiger partial charge in [0.1, 0.15) is 10.5 Å². The SMILES string of the molecule is Cc1cc(=S)nc(C2CCC(C)C2)[nH]1. The fourth-order valence-corrected chi connectivity index (χ4v) is 2.53. The van der Waals surface area contributed by atoms with Crippen LogP contribution in [0.2, 0.25) is 0 Å². The minimum Gasteiger partial charge on any atom is -0.347 e. The minimum absolute atomic E-state index is 0.603. The average Bonchev–Trinajstić information content (AvgIpc) is 2.50. The number of aromatic amines is 1. The van der Waals surface area contributed by atoms with Crippen LogP contribution in [0.3, 0.4) is 0 Å². The molecule has 2 unspecified atom stereocenters. The molecule has 1 N–H and O–H groups in total. The molecule has 1 aromatic heterocycles. The second kappa shape index (κ2) is 3.81. The van der Waals surface area contributed by atoms with E-state index in [1.807, 2.05) is 13.0 Å². The first-order valence-corrected chi connectivity index (χ1v) is 5.64. The number of nitrogens with zero attached hydrogens (tertiary/aromatic N) is 1. The molecule has 0 saturated heterocycles. The van der Waals surface area contributed by atoms with E-state index in [0.29, 0.717) is 5.92 Å². The molecule has 2 rings (SSSR count). The van der Waals surface area contributed by atoms with E-state index in [1.54, 1.807) is 0 Å². The third-order valence-corrected chi connectivity index (χ3v) is 3.19. The summed E-state index contributed by atoms with van der Waals surface area (Å²) < 4.78 is 0.718. The van der Waals surface area contributed by atoms with Gasteiger partial charge < -0.3 is 4.98 Å². The average molecular weight is 208 g/mol. The first-order valence-electron chi connectivity index (χ1n) is 5.23. The molecule has 1 aliphatic carbocycles. The van der Waals surface area contributed by atoms with Crippen LogP contribution in [-0.2, 0) is 0 Å². The standard InChI is InChI=1S/C11H16N2S/c1-7-3-4-9(5-7)11-12-8(2)6-10(14)13-11/h6-7,9H,3-5H2,1-2H3,(H,12,13,14). The van der Waals surface area contributed by atoms with E-state index in [0.717, 1.165) is 22.1 Å². The van der Waals surface area contributed by atoms with Crippen LogP contribution in [-0.4, -0.2) is 9.97 Å². The van der Waals surface area contributed by atoms with Crippen molar-refractivity contribution in [3.8, 4) is 0 Å². The lowest BCUT2D eigenvalue weighted by Gasteiger charge is -2.09. The Morgan fingerprint density at radius 1 is 1.50 bits per heavy atom. The lowest BCUT2D eigenvalue weighted by atomic mass is 10.1. The predicted octanol–water partition coefficient (Wildman–Crippen LogP) is 3.35. The molecule has 2 nitrogen and oxygen atoms in total. The van der Waals surface area contributed by atoms with Gasteiger partial charge in [0.15, 0.2) is 0 Å². The molecule has 0 radical (unpaired) electrons. The summed E-state index contributed by atoms with van der Waals surface area (Å²) in [7, 11) is 0. The Morgan fingerprint density at radius 3 is 2.86 bits per heavy atom. The number of hydrogen-bond donors (Lipinski definition) is 1. The first-order chi connectivity index (χ1) is 6.65. The molecule has 14 heavy (non-hydrogen) atoms. The van der Waals surface area contributed by atoms with E-state index in [4.69, 9.17) is 12.2 Å². The Kier molecular flexibility index (Phi) is 2.68. The zero-order valence-electron chi connectivity index (χ0n) is 8.71. The largest absolute Gasteiger partial charge is 0.347 e. The summed E-state index contributed by atoms with van der Waals surface area (Å²) >= 11 is 5.12. The van der Waals surface area contributed by atoms with Crippen molar-refractivity contribution in [2.75, 3.05) is 0 Å². The lowest BCUT2D eigenvalue weighted by molar-refractivity contribution is 0.584. The molecular weight excluding hydrogens is 192 g/mol. The molecule has 0 bridgehead atoms. The maximum Gasteiger partial charge on any atom is 0.129 e. The first kappa shape index (κ1) is 9.84. The third kappa shape index (κ3) is 2.03. The number of H-pyrrole nitrogens is 1. The number of aromatic nitrogens is 2. The van der Waals surface area contributed by atoms with Gasteiger partial charge >= 0.3 is 0 Å². The molecule has 1 aromatic rings. The second-order valence-electron chi connectivity index (χ2n) is 4.40. The molecule has 0 spiro atoms. The summed E-state index contributed by atoms with van der Waals surface area (Å²) in [6, 6.07) is 1.91. The van der Waals surface area contributed by atoms with Gasteiger partial charge in [0, 0.05) is 11.6 Å². The summed E-state index contributed by atoms with van der Waals surface area (Å²) in [5.41, 5.74) is 1.12. The summed E-state index contributed by atoms with van der Waals surface area (Å²) in [5.74, 6) is 2.54. The van der Waals surface area contributed by atoms with Crippen LogP contribution in [0.1, 0.15) is 43.6 Å². The molecule has 1 aliphatic rings. The molecular formula is C11H16N2S. The normalized spacial score (nSPS) is 26.7. The maximum absolute atomic E-state index is 5.12. The fourth-order valence-electron chi connectivity index (χ4n) is 2.25. The summed E-state index contributed by atoms with van der Waals surface area (Å²) in [6.45, 7) is 4.35. The van der Waals surface area contributed by atoms with Crippen molar-refractivity contribution in [3.05, 3.63) is 22.2 Å². The zero-order chi connectivity index (χ0) is 10.1. The quantitative estimate of drug-likeness (QED) is 0.717. The molecule has 1 heterocycles. The van der Waals surface area contributed by atoms with Crippen LogP contribution in [0, 0.1) is 17.5 Å². The van der Waals surface area contributed by atoms with Crippen molar-refractivity contribution in [2.45, 2.75) is 39.0 Å². The summed E-state index contributed by atoms with van der Waals surface area (Å²) in [4.78, 5) is 7.74. The second-order valence-corrected chi connectivity index (χ2v) is 4.82. The van der Waals surface area contributed by atoms with Crippen molar-refractivity contribution in [1.29, 1.82) is 0 Å². The van der Waals surface area contributed by atoms with E-state index >= 15 is 0 Å². The maximum atomic E-state index is 5.12. The van der Waals surface area contributed by atoms with Crippen molar-refractivity contribution >= 4 is 12.2 Å². The number of aryl methyl sites for hydroxylation is 1. The van der Waals surface area contributed by atoms with Crippen LogP contribution in [0.4, 0.5) is 0 Å². The molecule has 0 aromatic carbocycles. The smallest absolute Gasteiger partial charge is 0.129 e. The van der Waals surface area contributed by atoms with Gasteiger partial charge in [0.05, 0.1) is 0 Å². The van der Waals surface area contributed by atoms with Crippen molar-refractivity contribution < 1.29 is 0 Å². The van der Waals surface area contributed by atoms with Gasteiger partial charge in [0.25, 0.3) is 0 Å². The zero-order valence-corrected chi connectivity index (χ0v) is 9.53. The van der Waals surface area contributed by atoms with Gasteiger partial charge in [-0.3, -0.25) is 0 Å². The highest BCUT2D eigenvalue weighted by Gasteiger charge is 2.24. The van der Waals surface area contributed by atoms with Gasteiger partial charge in [-0.15, -0.1) is 0 Å². The van der Waals surface area contributed by atoms with Gasteiger partial charge in [0.2, 0.25) is 0 Å². The van der Waals surface area contributed by atoms with Gasteiger partial charge in [-0.05, 0) is 38.2 Å². The minimum atomic E-state index is 0.603. The van der Waals surface area contributed by atoms with E-state index in [9.17, 15) is 0 Å². The van der Waals surface area contributed by atoms with E-state index in [1.165, 1.54) is 19.3 Å². The van der Waals surface area contributed by atoms with Crippen LogP contribution < -0.4 is 0 Å². The van der Waals surface area contributed by atoms with Gasteiger partial charge in [-0.25, -0.2) is 4.98 Å². The number of hydrogen-bond acceptors (Lipinski definition) is 2. The Balaban J connectivity index is 2.28. The molecule has 0 amide bonds. The molecule has 1 fully saturated rings. The van der Waals surface area contributed by atoms with Gasteiger partial charge in [-0.2, -0.15) is 0 Å². The van der Waals surface area contributed by atoms with Crippen LogP contribution in [0.25, 0.3) is 0 Å². The predicted molar refractivity (Wildman–Crippen MR) is 59.9 cm³/mol. The van der Waals surface area contributed by atoms with Gasteiger partial charge in [-0.1, -0.05) is 19.1 Å². The van der Waals surface area contributed by atoms with Crippen LogP contribution in [0.5, 0.6) is 0 Å². The fraction of sp³-hybridized carbons (Fsp3) is 0.636. The van der Waals surface area contributed by atoms with Crippen LogP contribution in [0.15, 0.2) is 6.07 Å². The molecule has 3 heteroatoms. The highest BCUT2D eigenvalue weighted by atomic mass is 32.1. The number of nitrogens with one attached hydrogen (secondary N) is 1. The van der Waals surface area contributed by atoms with E-state index in [-0.39, 0.29) is 0 Å². The summed E-state index contributed by atoms with van der Waals surface area (Å²) in [6.07, 6.45) is 3.82. The Hall–Kier alpha value is -0.700. The lowest BCUT2D eigenvalue weighted by Crippen LogP contribution is -2.02. The monoisotopic (exact) mass is 208 g/mol. The van der Waals surface area contributed by atoms with Crippen LogP contribution >= 0.6 is 12.2 Å². The molecule has 0 aliphatic heterocycles.